The topological polar surface area (TPSA) is 53.4 Å². The average Bonchev–Trinajstić information content (AvgIpc) is 3.23. The van der Waals surface area contributed by atoms with Crippen LogP contribution in [0, 0.1) is 5.82 Å². The van der Waals surface area contributed by atoms with Crippen LogP contribution in [-0.2, 0) is 0 Å². The lowest BCUT2D eigenvalue weighted by atomic mass is 9.98. The van der Waals surface area contributed by atoms with Gasteiger partial charge in [0.15, 0.2) is 0 Å². The fourth-order valence-corrected chi connectivity index (χ4v) is 4.03. The highest BCUT2D eigenvalue weighted by molar-refractivity contribution is 5.89. The minimum atomic E-state index is -0.300. The fraction of sp³-hybridized carbons (Fsp3) is 0.444. The van der Waals surface area contributed by atoms with Crippen molar-refractivity contribution in [3.05, 3.63) is 42.3 Å². The molecule has 2 atom stereocenters. The van der Waals surface area contributed by atoms with Gasteiger partial charge in [0, 0.05) is 24.7 Å². The summed E-state index contributed by atoms with van der Waals surface area (Å²) in [6.45, 7) is 1.88. The van der Waals surface area contributed by atoms with Crippen LogP contribution >= 0.6 is 0 Å². The zero-order valence-electron chi connectivity index (χ0n) is 14.2. The molecule has 0 aliphatic carbocycles. The van der Waals surface area contributed by atoms with E-state index in [1.54, 1.807) is 29.1 Å². The molecule has 7 heteroatoms. The monoisotopic (exact) mass is 343 g/mol. The Balaban J connectivity index is 1.51. The van der Waals surface area contributed by atoms with Crippen LogP contribution in [0.15, 0.2) is 36.5 Å². The SMILES string of the molecule is CN1CCCC2C1CCN2C(=O)Nc1ccnn1-c1ccc(F)cc1. The molecule has 0 spiro atoms. The number of nitrogens with one attached hydrogen (secondary N) is 1. The van der Waals surface area contributed by atoms with Crippen molar-refractivity contribution in [1.82, 2.24) is 19.6 Å². The minimum absolute atomic E-state index is 0.0911. The number of urea groups is 1. The summed E-state index contributed by atoms with van der Waals surface area (Å²) in [7, 11) is 2.14. The number of amides is 2. The molecule has 2 amide bonds. The number of halogens is 1. The van der Waals surface area contributed by atoms with Crippen molar-refractivity contribution in [1.29, 1.82) is 0 Å². The number of piperidine rings is 1. The molecule has 4 rings (SSSR count). The number of anilines is 1. The summed E-state index contributed by atoms with van der Waals surface area (Å²) >= 11 is 0. The van der Waals surface area contributed by atoms with E-state index in [0.29, 0.717) is 17.5 Å². The Morgan fingerprint density at radius 1 is 1.16 bits per heavy atom. The van der Waals surface area contributed by atoms with E-state index in [9.17, 15) is 9.18 Å². The van der Waals surface area contributed by atoms with Gasteiger partial charge in [-0.3, -0.25) is 5.32 Å². The Morgan fingerprint density at radius 2 is 1.96 bits per heavy atom. The van der Waals surface area contributed by atoms with Crippen molar-refractivity contribution in [2.24, 2.45) is 0 Å². The van der Waals surface area contributed by atoms with Crippen LogP contribution in [0.1, 0.15) is 19.3 Å². The van der Waals surface area contributed by atoms with Gasteiger partial charge in [-0.1, -0.05) is 0 Å². The Labute approximate surface area is 146 Å². The van der Waals surface area contributed by atoms with Crippen LogP contribution in [0.3, 0.4) is 0 Å². The first-order chi connectivity index (χ1) is 12.1. The Bertz CT molecular complexity index is 759. The van der Waals surface area contributed by atoms with E-state index in [1.165, 1.54) is 12.1 Å². The van der Waals surface area contributed by atoms with E-state index in [1.807, 2.05) is 4.90 Å². The van der Waals surface area contributed by atoms with Gasteiger partial charge in [-0.2, -0.15) is 5.10 Å². The summed E-state index contributed by atoms with van der Waals surface area (Å²) < 4.78 is 14.7. The maximum Gasteiger partial charge on any atom is 0.323 e. The molecule has 25 heavy (non-hydrogen) atoms. The largest absolute Gasteiger partial charge is 0.323 e. The lowest BCUT2D eigenvalue weighted by Crippen LogP contribution is -2.50. The molecule has 2 aliphatic rings. The van der Waals surface area contributed by atoms with Gasteiger partial charge in [0.2, 0.25) is 0 Å². The van der Waals surface area contributed by atoms with Crippen LogP contribution in [0.25, 0.3) is 5.69 Å². The second-order valence-corrected chi connectivity index (χ2v) is 6.77. The van der Waals surface area contributed by atoms with Gasteiger partial charge in [0.25, 0.3) is 0 Å². The van der Waals surface area contributed by atoms with E-state index in [2.05, 4.69) is 22.4 Å². The fourth-order valence-electron chi connectivity index (χ4n) is 4.03. The number of aromatic nitrogens is 2. The third-order valence-electron chi connectivity index (χ3n) is 5.30. The Hall–Kier alpha value is -2.41. The number of likely N-dealkylation sites (tertiary alicyclic amines) is 2. The highest BCUT2D eigenvalue weighted by Crippen LogP contribution is 2.30. The van der Waals surface area contributed by atoms with Crippen LogP contribution < -0.4 is 5.32 Å². The molecule has 2 unspecified atom stereocenters. The molecule has 0 radical (unpaired) electrons. The molecule has 0 bridgehead atoms. The van der Waals surface area contributed by atoms with Gasteiger partial charge in [0.05, 0.1) is 11.9 Å². The molecule has 0 saturated carbocycles. The summed E-state index contributed by atoms with van der Waals surface area (Å²) in [6.07, 6.45) is 4.82. The van der Waals surface area contributed by atoms with Crippen LogP contribution in [0.5, 0.6) is 0 Å². The minimum Gasteiger partial charge on any atom is -0.320 e. The van der Waals surface area contributed by atoms with Crippen molar-refractivity contribution in [2.45, 2.75) is 31.3 Å². The lowest BCUT2D eigenvalue weighted by Gasteiger charge is -2.37. The summed E-state index contributed by atoms with van der Waals surface area (Å²) in [4.78, 5) is 17.1. The van der Waals surface area contributed by atoms with Crippen LogP contribution in [0.4, 0.5) is 15.0 Å². The molecule has 1 aromatic heterocycles. The van der Waals surface area contributed by atoms with Crippen molar-refractivity contribution < 1.29 is 9.18 Å². The molecule has 2 saturated heterocycles. The number of hydrogen-bond acceptors (Lipinski definition) is 3. The number of rotatable bonds is 2. The number of fused-ring (bicyclic) bond motifs is 1. The predicted octanol–water partition coefficient (Wildman–Crippen LogP) is 2.71. The van der Waals surface area contributed by atoms with Crippen molar-refractivity contribution >= 4 is 11.8 Å². The van der Waals surface area contributed by atoms with E-state index in [0.717, 1.165) is 32.4 Å². The second-order valence-electron chi connectivity index (χ2n) is 6.77. The maximum atomic E-state index is 13.1. The molecular formula is C18H22FN5O. The van der Waals surface area contributed by atoms with E-state index in [4.69, 9.17) is 0 Å². The number of nitrogens with zero attached hydrogens (tertiary/aromatic N) is 4. The summed E-state index contributed by atoms with van der Waals surface area (Å²) in [5.74, 6) is 0.287. The summed E-state index contributed by atoms with van der Waals surface area (Å²) in [5.41, 5.74) is 0.707. The molecule has 1 N–H and O–H groups in total. The molecule has 2 aromatic rings. The quantitative estimate of drug-likeness (QED) is 0.912. The highest BCUT2D eigenvalue weighted by atomic mass is 19.1. The van der Waals surface area contributed by atoms with E-state index in [-0.39, 0.29) is 17.9 Å². The van der Waals surface area contributed by atoms with Crippen molar-refractivity contribution in [3.8, 4) is 5.69 Å². The first-order valence-corrected chi connectivity index (χ1v) is 8.71. The first kappa shape index (κ1) is 16.1. The molecule has 3 heterocycles. The number of carbonyl (C=O) groups is 1. The maximum absolute atomic E-state index is 13.1. The van der Waals surface area contributed by atoms with Gasteiger partial charge in [-0.05, 0) is 57.1 Å². The second kappa shape index (κ2) is 6.48. The lowest BCUT2D eigenvalue weighted by molar-refractivity contribution is 0.129. The average molecular weight is 343 g/mol. The molecule has 2 aliphatic heterocycles. The normalized spacial score (nSPS) is 23.5. The standard InChI is InChI=1S/C18H22FN5O/c1-22-11-2-3-16-15(22)9-12-23(16)18(25)21-17-8-10-20-24(17)14-6-4-13(19)5-7-14/h4-8,10,15-16H,2-3,9,11-12H2,1H3,(H,21,25). The summed E-state index contributed by atoms with van der Waals surface area (Å²) in [6, 6.07) is 8.44. The van der Waals surface area contributed by atoms with Gasteiger partial charge < -0.3 is 9.80 Å². The molecule has 1 aromatic carbocycles. The van der Waals surface area contributed by atoms with Gasteiger partial charge in [-0.15, -0.1) is 0 Å². The van der Waals surface area contributed by atoms with E-state index < -0.39 is 0 Å². The first-order valence-electron chi connectivity index (χ1n) is 8.71. The molecule has 6 nitrogen and oxygen atoms in total. The van der Waals surface area contributed by atoms with Gasteiger partial charge in [0.1, 0.15) is 11.6 Å². The Kier molecular flexibility index (Phi) is 4.17. The molecule has 132 valence electrons. The predicted molar refractivity (Wildman–Crippen MR) is 93.3 cm³/mol. The van der Waals surface area contributed by atoms with Crippen LogP contribution in [0.2, 0.25) is 0 Å². The highest BCUT2D eigenvalue weighted by Gasteiger charge is 2.40. The van der Waals surface area contributed by atoms with Crippen LogP contribution in [-0.4, -0.2) is 57.8 Å². The third kappa shape index (κ3) is 3.00. The van der Waals surface area contributed by atoms with Crippen molar-refractivity contribution in [3.63, 3.8) is 0 Å². The third-order valence-corrected chi connectivity index (χ3v) is 5.30. The smallest absolute Gasteiger partial charge is 0.320 e. The zero-order valence-corrected chi connectivity index (χ0v) is 14.2. The van der Waals surface area contributed by atoms with Gasteiger partial charge >= 0.3 is 6.03 Å². The number of hydrogen-bond donors (Lipinski definition) is 1. The Morgan fingerprint density at radius 3 is 2.76 bits per heavy atom. The molecular weight excluding hydrogens is 321 g/mol. The summed E-state index contributed by atoms with van der Waals surface area (Å²) in [5, 5.41) is 7.21. The van der Waals surface area contributed by atoms with Crippen molar-refractivity contribution in [2.75, 3.05) is 25.5 Å². The number of carbonyl (C=O) groups excluding carboxylic acids is 1. The number of likely N-dealkylation sites (N-methyl/N-ethyl adjacent to an activating group) is 1. The number of benzene rings is 1. The van der Waals surface area contributed by atoms with Gasteiger partial charge in [-0.25, -0.2) is 13.9 Å². The zero-order chi connectivity index (χ0) is 17.4. The molecule has 2 fully saturated rings. The van der Waals surface area contributed by atoms with E-state index >= 15 is 0 Å².